The third kappa shape index (κ3) is 4.74. The summed E-state index contributed by atoms with van der Waals surface area (Å²) in [5, 5.41) is 3.64. The number of anilines is 1. The van der Waals surface area contributed by atoms with Crippen LogP contribution >= 0.6 is 0 Å². The zero-order valence-electron chi connectivity index (χ0n) is 20.6. The predicted molar refractivity (Wildman–Crippen MR) is 136 cm³/mol. The lowest BCUT2D eigenvalue weighted by atomic mass is 9.88. The van der Waals surface area contributed by atoms with Gasteiger partial charge in [0.05, 0.1) is 31.0 Å². The van der Waals surface area contributed by atoms with E-state index in [2.05, 4.69) is 27.4 Å². The molecule has 2 fully saturated rings. The fraction of sp³-hybridized carbons (Fsp3) is 0.357. The number of amides is 1. The summed E-state index contributed by atoms with van der Waals surface area (Å²) in [6.07, 6.45) is 2.08. The van der Waals surface area contributed by atoms with E-state index in [1.807, 2.05) is 30.3 Å². The number of pyridine rings is 2. The Kier molecular flexibility index (Phi) is 6.21. The van der Waals surface area contributed by atoms with E-state index in [9.17, 15) is 9.59 Å². The Morgan fingerprint density at radius 3 is 2.86 bits per heavy atom. The molecule has 0 bridgehead atoms. The fourth-order valence-corrected chi connectivity index (χ4v) is 5.36. The second kappa shape index (κ2) is 9.82. The number of hydrogen-bond acceptors (Lipinski definition) is 8. The lowest BCUT2D eigenvalue weighted by Crippen LogP contribution is -2.46. The highest BCUT2D eigenvalue weighted by atomic mass is 16.6. The van der Waals surface area contributed by atoms with Crippen molar-refractivity contribution in [1.82, 2.24) is 15.3 Å². The van der Waals surface area contributed by atoms with Gasteiger partial charge in [0.25, 0.3) is 0 Å². The van der Waals surface area contributed by atoms with Gasteiger partial charge in [0.2, 0.25) is 5.88 Å². The van der Waals surface area contributed by atoms with Crippen LogP contribution in [0.1, 0.15) is 30.5 Å². The van der Waals surface area contributed by atoms with Gasteiger partial charge in [0, 0.05) is 30.6 Å². The van der Waals surface area contributed by atoms with Crippen molar-refractivity contribution in [3.63, 3.8) is 0 Å². The van der Waals surface area contributed by atoms with Crippen LogP contribution in [0.15, 0.2) is 54.6 Å². The lowest BCUT2D eigenvalue weighted by molar-refractivity contribution is -0.121. The molecule has 3 aromatic rings. The quantitative estimate of drug-likeness (QED) is 0.547. The van der Waals surface area contributed by atoms with Crippen LogP contribution in [0, 0.1) is 0 Å². The normalized spacial score (nSPS) is 22.6. The number of ether oxygens (including phenoxy) is 3. The molecule has 1 saturated carbocycles. The summed E-state index contributed by atoms with van der Waals surface area (Å²) in [5.74, 6) is 1.69. The van der Waals surface area contributed by atoms with Crippen molar-refractivity contribution >= 4 is 17.7 Å². The Hall–Kier alpha value is -3.98. The number of Topliss-reactive ketones (excluding diaryl/α,β-unsaturated/α-hetero) is 1. The van der Waals surface area contributed by atoms with Gasteiger partial charge in [0.15, 0.2) is 5.78 Å². The minimum Gasteiger partial charge on any atom is -0.484 e. The number of methoxy groups -OCH3 is 1. The van der Waals surface area contributed by atoms with Crippen LogP contribution in [-0.4, -0.2) is 53.7 Å². The summed E-state index contributed by atoms with van der Waals surface area (Å²) < 4.78 is 16.5. The van der Waals surface area contributed by atoms with Crippen LogP contribution in [0.3, 0.4) is 0 Å². The fourth-order valence-electron chi connectivity index (χ4n) is 5.36. The summed E-state index contributed by atoms with van der Waals surface area (Å²) in [5.41, 5.74) is 3.63. The van der Waals surface area contributed by atoms with Crippen LogP contribution in [0.2, 0.25) is 0 Å². The maximum Gasteiger partial charge on any atom is 0.416 e. The van der Waals surface area contributed by atoms with Crippen LogP contribution in [0.25, 0.3) is 11.3 Å². The van der Waals surface area contributed by atoms with E-state index >= 15 is 0 Å². The van der Waals surface area contributed by atoms with E-state index in [0.29, 0.717) is 29.7 Å². The Labute approximate surface area is 214 Å². The third-order valence-corrected chi connectivity index (χ3v) is 7.21. The van der Waals surface area contributed by atoms with E-state index in [0.717, 1.165) is 36.1 Å². The second-order valence-electron chi connectivity index (χ2n) is 9.63. The molecule has 3 aliphatic rings. The molecule has 2 aromatic heterocycles. The van der Waals surface area contributed by atoms with Crippen LogP contribution in [0.4, 0.5) is 10.6 Å². The van der Waals surface area contributed by atoms with Crippen molar-refractivity contribution in [2.45, 2.75) is 50.4 Å². The number of carbonyl (C=O) groups excluding carboxylic acids is 2. The van der Waals surface area contributed by atoms with Crippen molar-refractivity contribution in [2.75, 3.05) is 18.6 Å². The van der Waals surface area contributed by atoms with Crippen LogP contribution in [0.5, 0.6) is 11.6 Å². The van der Waals surface area contributed by atoms with Gasteiger partial charge in [0.1, 0.15) is 24.3 Å². The van der Waals surface area contributed by atoms with Crippen molar-refractivity contribution in [2.24, 2.45) is 0 Å². The molecule has 1 amide bonds. The first-order chi connectivity index (χ1) is 18.1. The first-order valence-electron chi connectivity index (χ1n) is 12.6. The number of carbonyl (C=O) groups is 2. The van der Waals surface area contributed by atoms with E-state index in [1.165, 1.54) is 0 Å². The molecule has 1 saturated heterocycles. The zero-order chi connectivity index (χ0) is 25.4. The van der Waals surface area contributed by atoms with Crippen molar-refractivity contribution in [3.05, 3.63) is 65.9 Å². The van der Waals surface area contributed by atoms with Gasteiger partial charge in [-0.15, -0.1) is 0 Å². The van der Waals surface area contributed by atoms with Crippen molar-refractivity contribution in [3.8, 4) is 22.9 Å². The number of benzene rings is 1. The zero-order valence-corrected chi connectivity index (χ0v) is 20.6. The standard InChI is InChI=1S/C28H28N4O5/c1-35-27-7-3-6-21(31-27)18-5-2-4-17(12-18)15-29-19-8-9-23-25(13-19)37-28(34)32(23)26-11-10-24-22(30-26)14-20(33)16-36-24/h2-7,10-12,19,23,25,29H,8-9,13-16H2,1H3/t19-,23-,25-/m1/s1. The number of nitrogens with zero attached hydrogens (tertiary/aromatic N) is 3. The van der Waals surface area contributed by atoms with Gasteiger partial charge in [-0.25, -0.2) is 14.8 Å². The molecule has 1 N–H and O–H groups in total. The molecule has 1 aliphatic carbocycles. The predicted octanol–water partition coefficient (Wildman–Crippen LogP) is 3.69. The molecule has 0 spiro atoms. The molecule has 37 heavy (non-hydrogen) atoms. The molecule has 2 aliphatic heterocycles. The van der Waals surface area contributed by atoms with Gasteiger partial charge in [-0.1, -0.05) is 24.3 Å². The van der Waals surface area contributed by atoms with Crippen molar-refractivity contribution < 1.29 is 23.8 Å². The molecule has 9 nitrogen and oxygen atoms in total. The summed E-state index contributed by atoms with van der Waals surface area (Å²) >= 11 is 0. The van der Waals surface area contributed by atoms with Crippen molar-refractivity contribution in [1.29, 1.82) is 0 Å². The summed E-state index contributed by atoms with van der Waals surface area (Å²) in [6, 6.07) is 17.8. The molecule has 0 unspecified atom stereocenters. The topological polar surface area (TPSA) is 103 Å². The summed E-state index contributed by atoms with van der Waals surface area (Å²) in [6.45, 7) is 0.777. The Bertz CT molecular complexity index is 1350. The lowest BCUT2D eigenvalue weighted by Gasteiger charge is -2.33. The first kappa shape index (κ1) is 23.4. The smallest absolute Gasteiger partial charge is 0.416 e. The Morgan fingerprint density at radius 1 is 1.08 bits per heavy atom. The highest BCUT2D eigenvalue weighted by Gasteiger charge is 2.46. The van der Waals surface area contributed by atoms with Gasteiger partial charge in [-0.05, 0) is 42.7 Å². The van der Waals surface area contributed by atoms with Crippen LogP contribution in [-0.2, 0) is 22.5 Å². The maximum atomic E-state index is 12.8. The number of ketones is 1. The number of fused-ring (bicyclic) bond motifs is 2. The highest BCUT2D eigenvalue weighted by molar-refractivity contribution is 5.90. The Balaban J connectivity index is 1.10. The monoisotopic (exact) mass is 500 g/mol. The van der Waals surface area contributed by atoms with E-state index in [-0.39, 0.29) is 43.1 Å². The van der Waals surface area contributed by atoms with Crippen LogP contribution < -0.4 is 19.7 Å². The molecule has 9 heteroatoms. The number of nitrogens with one attached hydrogen (secondary N) is 1. The molecule has 190 valence electrons. The van der Waals surface area contributed by atoms with Gasteiger partial charge < -0.3 is 19.5 Å². The largest absolute Gasteiger partial charge is 0.484 e. The molecular weight excluding hydrogens is 472 g/mol. The summed E-state index contributed by atoms with van der Waals surface area (Å²) in [7, 11) is 1.61. The van der Waals surface area contributed by atoms with E-state index in [4.69, 9.17) is 14.2 Å². The average molecular weight is 501 g/mol. The summed E-state index contributed by atoms with van der Waals surface area (Å²) in [4.78, 5) is 35.3. The second-order valence-corrected chi connectivity index (χ2v) is 9.63. The van der Waals surface area contributed by atoms with E-state index < -0.39 is 0 Å². The van der Waals surface area contributed by atoms with Gasteiger partial charge in [-0.2, -0.15) is 0 Å². The number of rotatable bonds is 6. The van der Waals surface area contributed by atoms with Gasteiger partial charge in [-0.3, -0.25) is 9.69 Å². The third-order valence-electron chi connectivity index (χ3n) is 7.21. The highest BCUT2D eigenvalue weighted by Crippen LogP contribution is 2.36. The molecule has 6 rings (SSSR count). The molecule has 4 heterocycles. The first-order valence-corrected chi connectivity index (χ1v) is 12.6. The SMILES string of the molecule is COc1cccc(-c2cccc(CN[C@@H]3CC[C@@H]4[C@@H](C3)OC(=O)N4c3ccc4c(n3)CC(=O)CO4)c2)n1. The minimum atomic E-state index is -0.385. The number of aromatic nitrogens is 2. The molecular formula is C28H28N4O5. The molecule has 1 aromatic carbocycles. The maximum absolute atomic E-state index is 12.8. The number of hydrogen-bond donors (Lipinski definition) is 1. The Morgan fingerprint density at radius 2 is 1.97 bits per heavy atom. The van der Waals surface area contributed by atoms with Gasteiger partial charge >= 0.3 is 6.09 Å². The molecule has 3 atom stereocenters. The van der Waals surface area contributed by atoms with E-state index in [1.54, 1.807) is 24.1 Å². The molecule has 0 radical (unpaired) electrons. The minimum absolute atomic E-state index is 0.0177. The average Bonchev–Trinajstić information content (AvgIpc) is 3.26.